The maximum Gasteiger partial charge on any atom is 0.317 e. The number of benzene rings is 1. The van der Waals surface area contributed by atoms with Crippen LogP contribution >= 0.6 is 0 Å². The summed E-state index contributed by atoms with van der Waals surface area (Å²) < 4.78 is 21.0. The number of piperidine rings is 1. The average molecular weight is 345 g/mol. The molecule has 134 valence electrons. The third-order valence-electron chi connectivity index (χ3n) is 4.80. The molecule has 5 nitrogen and oxygen atoms in total. The van der Waals surface area contributed by atoms with Crippen LogP contribution in [0.4, 0.5) is 9.18 Å². The summed E-state index contributed by atoms with van der Waals surface area (Å²) in [5.74, 6) is 0.227. The lowest BCUT2D eigenvalue weighted by molar-refractivity contribution is 0.169. The summed E-state index contributed by atoms with van der Waals surface area (Å²) in [7, 11) is 1.54. The molecule has 6 heteroatoms. The SMILES string of the molecule is COc1ccc(F)cc1[C@H](C)NC(=O)N1CCC(n2cccc2)CC1. The van der Waals surface area contributed by atoms with Gasteiger partial charge in [0.1, 0.15) is 11.6 Å². The predicted octanol–water partition coefficient (Wildman–Crippen LogP) is 3.74. The second-order valence-electron chi connectivity index (χ2n) is 6.41. The number of urea groups is 1. The van der Waals surface area contributed by atoms with Gasteiger partial charge in [0.05, 0.1) is 13.2 Å². The maximum absolute atomic E-state index is 13.5. The molecule has 0 unspecified atom stereocenters. The summed E-state index contributed by atoms with van der Waals surface area (Å²) in [4.78, 5) is 14.4. The number of aromatic nitrogens is 1. The van der Waals surface area contributed by atoms with E-state index in [-0.39, 0.29) is 17.9 Å². The molecular formula is C19H24FN3O2. The normalized spacial score (nSPS) is 16.5. The van der Waals surface area contributed by atoms with E-state index in [1.165, 1.54) is 19.2 Å². The first-order valence-corrected chi connectivity index (χ1v) is 8.60. The molecule has 1 N–H and O–H groups in total. The zero-order chi connectivity index (χ0) is 17.8. The average Bonchev–Trinajstić information content (AvgIpc) is 3.16. The Morgan fingerprint density at radius 1 is 1.28 bits per heavy atom. The Bertz CT molecular complexity index is 709. The molecular weight excluding hydrogens is 321 g/mol. The molecule has 3 rings (SSSR count). The lowest BCUT2D eigenvalue weighted by atomic mass is 10.0. The first kappa shape index (κ1) is 17.3. The minimum absolute atomic E-state index is 0.121. The van der Waals surface area contributed by atoms with Crippen LogP contribution in [0.3, 0.4) is 0 Å². The van der Waals surface area contributed by atoms with Gasteiger partial charge in [-0.3, -0.25) is 0 Å². The predicted molar refractivity (Wildman–Crippen MR) is 94.2 cm³/mol. The fourth-order valence-corrected chi connectivity index (χ4v) is 3.36. The molecule has 2 aromatic rings. The lowest BCUT2D eigenvalue weighted by Gasteiger charge is -2.33. The molecule has 2 amide bonds. The van der Waals surface area contributed by atoms with Gasteiger partial charge in [0.25, 0.3) is 0 Å². The van der Waals surface area contributed by atoms with E-state index < -0.39 is 0 Å². The van der Waals surface area contributed by atoms with Gasteiger partial charge in [0.15, 0.2) is 0 Å². The molecule has 0 spiro atoms. The highest BCUT2D eigenvalue weighted by molar-refractivity contribution is 5.75. The van der Waals surface area contributed by atoms with Gasteiger partial charge in [0, 0.05) is 37.1 Å². The second kappa shape index (κ2) is 7.59. The number of carbonyl (C=O) groups is 1. The first-order valence-electron chi connectivity index (χ1n) is 8.60. The minimum atomic E-state index is -0.343. The molecule has 0 bridgehead atoms. The fourth-order valence-electron chi connectivity index (χ4n) is 3.36. The molecule has 1 saturated heterocycles. The molecule has 0 aliphatic carbocycles. The summed E-state index contributed by atoms with van der Waals surface area (Å²) in [6.07, 6.45) is 6.00. The van der Waals surface area contributed by atoms with Crippen LogP contribution < -0.4 is 10.1 Å². The summed E-state index contributed by atoms with van der Waals surface area (Å²) in [5, 5.41) is 2.95. The van der Waals surface area contributed by atoms with Crippen LogP contribution in [-0.2, 0) is 0 Å². The van der Waals surface area contributed by atoms with Gasteiger partial charge in [-0.1, -0.05) is 0 Å². The Labute approximate surface area is 147 Å². The number of hydrogen-bond donors (Lipinski definition) is 1. The van der Waals surface area contributed by atoms with Crippen molar-refractivity contribution in [1.29, 1.82) is 0 Å². The fraction of sp³-hybridized carbons (Fsp3) is 0.421. The van der Waals surface area contributed by atoms with Gasteiger partial charge < -0.3 is 19.5 Å². The van der Waals surface area contributed by atoms with Crippen molar-refractivity contribution in [3.63, 3.8) is 0 Å². The van der Waals surface area contributed by atoms with E-state index in [9.17, 15) is 9.18 Å². The standard InChI is InChI=1S/C19H24FN3O2/c1-14(17-13-15(20)5-6-18(17)25-2)21-19(24)23-11-7-16(8-12-23)22-9-3-4-10-22/h3-6,9-10,13-14,16H,7-8,11-12H2,1-2H3,(H,21,24)/t14-/m0/s1. The molecule has 2 heterocycles. The van der Waals surface area contributed by atoms with Crippen molar-refractivity contribution in [3.05, 3.63) is 54.1 Å². The number of hydrogen-bond acceptors (Lipinski definition) is 2. The second-order valence-corrected chi connectivity index (χ2v) is 6.41. The van der Waals surface area contributed by atoms with E-state index in [0.717, 1.165) is 12.8 Å². The van der Waals surface area contributed by atoms with E-state index in [1.807, 2.05) is 24.0 Å². The molecule has 1 aliphatic heterocycles. The Balaban J connectivity index is 1.58. The molecule has 1 aromatic heterocycles. The molecule has 25 heavy (non-hydrogen) atoms. The first-order chi connectivity index (χ1) is 12.1. The molecule has 1 atom stereocenters. The summed E-state index contributed by atoms with van der Waals surface area (Å²) in [5.41, 5.74) is 0.637. The lowest BCUT2D eigenvalue weighted by Crippen LogP contribution is -2.45. The highest BCUT2D eigenvalue weighted by atomic mass is 19.1. The van der Waals surface area contributed by atoms with Gasteiger partial charge in [0.2, 0.25) is 0 Å². The highest BCUT2D eigenvalue weighted by Gasteiger charge is 2.25. The maximum atomic E-state index is 13.5. The van der Waals surface area contributed by atoms with Crippen molar-refractivity contribution in [2.24, 2.45) is 0 Å². The number of nitrogens with one attached hydrogen (secondary N) is 1. The zero-order valence-corrected chi connectivity index (χ0v) is 14.6. The largest absolute Gasteiger partial charge is 0.496 e. The molecule has 0 radical (unpaired) electrons. The van der Waals surface area contributed by atoms with Crippen molar-refractivity contribution >= 4 is 6.03 Å². The number of likely N-dealkylation sites (tertiary alicyclic amines) is 1. The summed E-state index contributed by atoms with van der Waals surface area (Å²) in [6.45, 7) is 3.26. The number of nitrogens with zero attached hydrogens (tertiary/aromatic N) is 2. The van der Waals surface area contributed by atoms with E-state index in [4.69, 9.17) is 4.74 Å². The number of methoxy groups -OCH3 is 1. The smallest absolute Gasteiger partial charge is 0.317 e. The monoisotopic (exact) mass is 345 g/mol. The number of halogens is 1. The van der Waals surface area contributed by atoms with E-state index in [1.54, 1.807) is 6.07 Å². The third kappa shape index (κ3) is 3.95. The number of carbonyl (C=O) groups excluding carboxylic acids is 1. The quantitative estimate of drug-likeness (QED) is 0.917. The van der Waals surface area contributed by atoms with Gasteiger partial charge in [-0.15, -0.1) is 0 Å². The molecule has 1 aliphatic rings. The van der Waals surface area contributed by atoms with Crippen molar-refractivity contribution in [2.75, 3.05) is 20.2 Å². The Morgan fingerprint density at radius 3 is 2.60 bits per heavy atom. The zero-order valence-electron chi connectivity index (χ0n) is 14.6. The summed E-state index contributed by atoms with van der Waals surface area (Å²) in [6, 6.07) is 8.37. The number of amides is 2. The minimum Gasteiger partial charge on any atom is -0.496 e. The molecule has 1 aromatic carbocycles. The van der Waals surface area contributed by atoms with Gasteiger partial charge in [-0.25, -0.2) is 9.18 Å². The van der Waals surface area contributed by atoms with Crippen LogP contribution in [-0.4, -0.2) is 35.7 Å². The van der Waals surface area contributed by atoms with Crippen molar-refractivity contribution in [2.45, 2.75) is 31.8 Å². The summed E-state index contributed by atoms with van der Waals surface area (Å²) >= 11 is 0. The van der Waals surface area contributed by atoms with E-state index in [2.05, 4.69) is 22.3 Å². The third-order valence-corrected chi connectivity index (χ3v) is 4.80. The van der Waals surface area contributed by atoms with Crippen LogP contribution in [0.5, 0.6) is 5.75 Å². The number of ether oxygens (including phenoxy) is 1. The van der Waals surface area contributed by atoms with Crippen LogP contribution in [0, 0.1) is 5.82 Å². The molecule has 0 saturated carbocycles. The van der Waals surface area contributed by atoms with E-state index >= 15 is 0 Å². The van der Waals surface area contributed by atoms with E-state index in [0.29, 0.717) is 30.4 Å². The Hall–Kier alpha value is -2.50. The van der Waals surface area contributed by atoms with Crippen LogP contribution in [0.1, 0.15) is 37.4 Å². The van der Waals surface area contributed by atoms with Crippen molar-refractivity contribution in [3.8, 4) is 5.75 Å². The van der Waals surface area contributed by atoms with Gasteiger partial charge in [-0.2, -0.15) is 0 Å². The highest BCUT2D eigenvalue weighted by Crippen LogP contribution is 2.27. The molecule has 1 fully saturated rings. The van der Waals surface area contributed by atoms with Crippen molar-refractivity contribution in [1.82, 2.24) is 14.8 Å². The number of rotatable bonds is 4. The van der Waals surface area contributed by atoms with Gasteiger partial charge >= 0.3 is 6.03 Å². The Morgan fingerprint density at radius 2 is 1.96 bits per heavy atom. The Kier molecular flexibility index (Phi) is 5.26. The van der Waals surface area contributed by atoms with Crippen LogP contribution in [0.2, 0.25) is 0 Å². The van der Waals surface area contributed by atoms with Crippen LogP contribution in [0.25, 0.3) is 0 Å². The van der Waals surface area contributed by atoms with Gasteiger partial charge in [-0.05, 0) is 50.1 Å². The van der Waals surface area contributed by atoms with Crippen molar-refractivity contribution < 1.29 is 13.9 Å². The van der Waals surface area contributed by atoms with Crippen LogP contribution in [0.15, 0.2) is 42.7 Å². The topological polar surface area (TPSA) is 46.5 Å².